The first-order chi connectivity index (χ1) is 10.9. The number of hydrogen-bond donors (Lipinski definition) is 0. The zero-order valence-electron chi connectivity index (χ0n) is 12.5. The Hall–Kier alpha value is -0.890. The molecule has 0 spiro atoms. The fraction of sp³-hybridized carbons (Fsp3) is 0.400. The number of benzene rings is 1. The van der Waals surface area contributed by atoms with Crippen molar-refractivity contribution in [2.75, 3.05) is 13.1 Å². The molecule has 1 saturated heterocycles. The monoisotopic (exact) mass is 418 g/mol. The minimum atomic E-state index is -3.59. The third-order valence-electron chi connectivity index (χ3n) is 4.01. The summed E-state index contributed by atoms with van der Waals surface area (Å²) in [5.74, 6) is 1.04. The Morgan fingerprint density at radius 2 is 2.00 bits per heavy atom. The lowest BCUT2D eigenvalue weighted by atomic mass is 9.95. The summed E-state index contributed by atoms with van der Waals surface area (Å²) >= 11 is 9.37. The van der Waals surface area contributed by atoms with Gasteiger partial charge < -0.3 is 4.52 Å². The maximum Gasteiger partial charge on any atom is 0.244 e. The smallest absolute Gasteiger partial charge is 0.244 e. The van der Waals surface area contributed by atoms with Gasteiger partial charge in [-0.2, -0.15) is 4.31 Å². The van der Waals surface area contributed by atoms with Gasteiger partial charge in [-0.15, -0.1) is 0 Å². The Morgan fingerprint density at radius 3 is 2.61 bits per heavy atom. The zero-order valence-corrected chi connectivity index (χ0v) is 15.7. The molecule has 0 unspecified atom stereocenters. The first kappa shape index (κ1) is 17.0. The highest BCUT2D eigenvalue weighted by molar-refractivity contribution is 9.10. The van der Waals surface area contributed by atoms with E-state index in [-0.39, 0.29) is 15.8 Å². The second-order valence-electron chi connectivity index (χ2n) is 5.62. The van der Waals surface area contributed by atoms with Crippen LogP contribution in [0.25, 0.3) is 0 Å². The van der Waals surface area contributed by atoms with E-state index in [0.29, 0.717) is 30.4 Å². The molecule has 0 aliphatic carbocycles. The fourth-order valence-electron chi connectivity index (χ4n) is 2.77. The molecule has 0 saturated carbocycles. The summed E-state index contributed by atoms with van der Waals surface area (Å²) in [4.78, 5) is 0.141. The number of piperidine rings is 1. The molecule has 1 aliphatic rings. The minimum absolute atomic E-state index is 0.141. The number of sulfonamides is 1. The van der Waals surface area contributed by atoms with E-state index in [1.54, 1.807) is 18.2 Å². The number of hydrogen-bond acceptors (Lipinski definition) is 4. The van der Waals surface area contributed by atoms with E-state index >= 15 is 0 Å². The third kappa shape index (κ3) is 3.47. The Balaban J connectivity index is 1.77. The molecule has 1 aliphatic heterocycles. The number of nitrogens with zero attached hydrogens (tertiary/aromatic N) is 2. The van der Waals surface area contributed by atoms with E-state index in [1.165, 1.54) is 4.31 Å². The van der Waals surface area contributed by atoms with Crippen LogP contribution in [0.5, 0.6) is 0 Å². The highest BCUT2D eigenvalue weighted by Gasteiger charge is 2.32. The summed E-state index contributed by atoms with van der Waals surface area (Å²) in [6.45, 7) is 2.76. The van der Waals surface area contributed by atoms with Crippen molar-refractivity contribution in [1.82, 2.24) is 9.46 Å². The van der Waals surface area contributed by atoms with Gasteiger partial charge in [-0.1, -0.05) is 32.7 Å². The van der Waals surface area contributed by atoms with Crippen LogP contribution in [0, 0.1) is 6.92 Å². The van der Waals surface area contributed by atoms with E-state index in [4.69, 9.17) is 16.1 Å². The summed E-state index contributed by atoms with van der Waals surface area (Å²) < 4.78 is 33.1. The van der Waals surface area contributed by atoms with Crippen molar-refractivity contribution in [2.45, 2.75) is 30.6 Å². The molecule has 23 heavy (non-hydrogen) atoms. The van der Waals surface area contributed by atoms with Crippen molar-refractivity contribution in [2.24, 2.45) is 0 Å². The molecule has 0 radical (unpaired) electrons. The van der Waals surface area contributed by atoms with Gasteiger partial charge in [0.1, 0.15) is 10.7 Å². The largest absolute Gasteiger partial charge is 0.361 e. The summed E-state index contributed by atoms with van der Waals surface area (Å²) in [6, 6.07) is 6.77. The van der Waals surface area contributed by atoms with Gasteiger partial charge in [0.25, 0.3) is 0 Å². The van der Waals surface area contributed by atoms with Gasteiger partial charge in [0.2, 0.25) is 10.0 Å². The molecular formula is C15H16BrClN2O3S. The molecule has 1 aromatic carbocycles. The van der Waals surface area contributed by atoms with E-state index in [9.17, 15) is 8.42 Å². The van der Waals surface area contributed by atoms with Crippen molar-refractivity contribution in [3.05, 3.63) is 45.2 Å². The van der Waals surface area contributed by atoms with Crippen molar-refractivity contribution in [1.29, 1.82) is 0 Å². The molecule has 0 atom stereocenters. The van der Waals surface area contributed by atoms with Crippen molar-refractivity contribution in [3.8, 4) is 0 Å². The predicted molar refractivity (Wildman–Crippen MR) is 91.1 cm³/mol. The molecule has 2 aromatic rings. The van der Waals surface area contributed by atoms with Gasteiger partial charge in [0.05, 0.1) is 10.7 Å². The van der Waals surface area contributed by atoms with E-state index < -0.39 is 10.0 Å². The normalized spacial score (nSPS) is 17.5. The van der Waals surface area contributed by atoms with Crippen molar-refractivity contribution in [3.63, 3.8) is 0 Å². The molecule has 124 valence electrons. The van der Waals surface area contributed by atoms with E-state index in [0.717, 1.165) is 11.5 Å². The summed E-state index contributed by atoms with van der Waals surface area (Å²) in [5.41, 5.74) is 0.843. The first-order valence-electron chi connectivity index (χ1n) is 7.26. The summed E-state index contributed by atoms with van der Waals surface area (Å²) in [6.07, 6.45) is 1.42. The maximum absolute atomic E-state index is 12.8. The number of halogens is 2. The standard InChI is InChI=1S/C15H16BrClN2O3S/c1-10-8-14(22-18-10)11-4-6-19(7-5-11)23(20,21)15-9-12(16)2-3-13(15)17/h2-3,8-9,11H,4-7H2,1H3. The number of rotatable bonds is 3. The second kappa shape index (κ2) is 6.55. The van der Waals surface area contributed by atoms with Crippen LogP contribution in [-0.4, -0.2) is 31.0 Å². The first-order valence-corrected chi connectivity index (χ1v) is 9.87. The van der Waals surface area contributed by atoms with E-state index in [1.807, 2.05) is 13.0 Å². The second-order valence-corrected chi connectivity index (χ2v) is 8.85. The number of aryl methyl sites for hydroxylation is 1. The lowest BCUT2D eigenvalue weighted by molar-refractivity contribution is 0.275. The van der Waals surface area contributed by atoms with Crippen LogP contribution < -0.4 is 0 Å². The van der Waals surface area contributed by atoms with Crippen molar-refractivity contribution < 1.29 is 12.9 Å². The van der Waals surface area contributed by atoms with Gasteiger partial charge in [-0.25, -0.2) is 8.42 Å². The quantitative estimate of drug-likeness (QED) is 0.755. The fourth-order valence-corrected chi connectivity index (χ4v) is 5.25. The topological polar surface area (TPSA) is 63.4 Å². The van der Waals surface area contributed by atoms with E-state index in [2.05, 4.69) is 21.1 Å². The van der Waals surface area contributed by atoms with Gasteiger partial charge in [0.15, 0.2) is 0 Å². The number of aromatic nitrogens is 1. The van der Waals surface area contributed by atoms with Crippen LogP contribution in [0.4, 0.5) is 0 Å². The summed E-state index contributed by atoms with van der Waals surface area (Å²) in [7, 11) is -3.59. The Labute approximate surface area is 148 Å². The molecule has 1 aromatic heterocycles. The third-order valence-corrected chi connectivity index (χ3v) is 6.89. The molecule has 0 N–H and O–H groups in total. The molecule has 0 amide bonds. The molecule has 0 bridgehead atoms. The maximum atomic E-state index is 12.8. The zero-order chi connectivity index (χ0) is 16.6. The van der Waals surface area contributed by atoms with Crippen LogP contribution in [0.15, 0.2) is 38.2 Å². The minimum Gasteiger partial charge on any atom is -0.361 e. The van der Waals surface area contributed by atoms with Gasteiger partial charge >= 0.3 is 0 Å². The molecule has 3 rings (SSSR count). The Kier molecular flexibility index (Phi) is 4.83. The van der Waals surface area contributed by atoms with Crippen LogP contribution in [0.1, 0.15) is 30.2 Å². The van der Waals surface area contributed by atoms with Gasteiger partial charge in [-0.3, -0.25) is 0 Å². The van der Waals surface area contributed by atoms with Crippen LogP contribution in [0.2, 0.25) is 5.02 Å². The van der Waals surface area contributed by atoms with Crippen LogP contribution in [-0.2, 0) is 10.0 Å². The SMILES string of the molecule is Cc1cc(C2CCN(S(=O)(=O)c3cc(Br)ccc3Cl)CC2)on1. The highest BCUT2D eigenvalue weighted by Crippen LogP contribution is 2.33. The van der Waals surface area contributed by atoms with Crippen LogP contribution >= 0.6 is 27.5 Å². The highest BCUT2D eigenvalue weighted by atomic mass is 79.9. The Bertz CT molecular complexity index is 814. The summed E-state index contributed by atoms with van der Waals surface area (Å²) in [5, 5.41) is 4.14. The average molecular weight is 420 g/mol. The average Bonchev–Trinajstić information content (AvgIpc) is 2.96. The Morgan fingerprint density at radius 1 is 1.30 bits per heavy atom. The molecule has 2 heterocycles. The lowest BCUT2D eigenvalue weighted by Gasteiger charge is -2.30. The molecular weight excluding hydrogens is 404 g/mol. The predicted octanol–water partition coefficient (Wildman–Crippen LogP) is 3.97. The molecule has 5 nitrogen and oxygen atoms in total. The lowest BCUT2D eigenvalue weighted by Crippen LogP contribution is -2.38. The molecule has 1 fully saturated rings. The van der Waals surface area contributed by atoms with Crippen molar-refractivity contribution >= 4 is 37.6 Å². The molecule has 8 heteroatoms. The van der Waals surface area contributed by atoms with Gasteiger partial charge in [-0.05, 0) is 38.0 Å². The van der Waals surface area contributed by atoms with Crippen LogP contribution in [0.3, 0.4) is 0 Å². The van der Waals surface area contributed by atoms with Gasteiger partial charge in [0, 0.05) is 29.5 Å².